The van der Waals surface area contributed by atoms with Crippen LogP contribution in [0.1, 0.15) is 35.2 Å². The monoisotopic (exact) mass is 502 g/mol. The number of aliphatic hydroxyl groups is 1. The molecule has 0 spiro atoms. The van der Waals surface area contributed by atoms with Crippen LogP contribution in [0.25, 0.3) is 16.0 Å². The van der Waals surface area contributed by atoms with Crippen molar-refractivity contribution in [2.45, 2.75) is 26.8 Å². The number of Topliss-reactive ketones (excluding diaryl/α,β-unsaturated/α-hetero) is 1. The third kappa shape index (κ3) is 3.93. The first-order chi connectivity index (χ1) is 17.3. The molecular weight excluding hydrogens is 479 g/mol. The Hall–Kier alpha value is -4.04. The Labute approximate surface area is 211 Å². The molecule has 6 nitrogen and oxygen atoms in total. The maximum absolute atomic E-state index is 15.1. The van der Waals surface area contributed by atoms with E-state index < -0.39 is 23.5 Å². The van der Waals surface area contributed by atoms with E-state index in [2.05, 4.69) is 4.98 Å². The van der Waals surface area contributed by atoms with E-state index in [1.165, 1.54) is 34.4 Å². The van der Waals surface area contributed by atoms with Gasteiger partial charge in [0.15, 0.2) is 5.13 Å². The summed E-state index contributed by atoms with van der Waals surface area (Å²) in [6.07, 6.45) is 0. The first-order valence-electron chi connectivity index (χ1n) is 11.5. The van der Waals surface area contributed by atoms with E-state index in [9.17, 15) is 14.7 Å². The van der Waals surface area contributed by atoms with E-state index in [0.29, 0.717) is 23.4 Å². The lowest BCUT2D eigenvalue weighted by molar-refractivity contribution is -0.132. The fraction of sp³-hybridized carbons (Fsp3) is 0.179. The lowest BCUT2D eigenvalue weighted by Crippen LogP contribution is -2.29. The van der Waals surface area contributed by atoms with Gasteiger partial charge < -0.3 is 9.84 Å². The summed E-state index contributed by atoms with van der Waals surface area (Å²) in [6.45, 7) is 6.22. The number of hydrogen-bond acceptors (Lipinski definition) is 6. The van der Waals surface area contributed by atoms with Crippen LogP contribution in [0.15, 0.2) is 66.2 Å². The van der Waals surface area contributed by atoms with Crippen molar-refractivity contribution in [1.29, 1.82) is 0 Å². The minimum atomic E-state index is -1.18. The van der Waals surface area contributed by atoms with Crippen LogP contribution in [-0.4, -0.2) is 28.4 Å². The zero-order valence-electron chi connectivity index (χ0n) is 19.9. The predicted octanol–water partition coefficient (Wildman–Crippen LogP) is 6.08. The first kappa shape index (κ1) is 23.7. The van der Waals surface area contributed by atoms with Crippen molar-refractivity contribution in [3.8, 4) is 5.75 Å². The zero-order valence-corrected chi connectivity index (χ0v) is 20.7. The average molecular weight is 503 g/mol. The summed E-state index contributed by atoms with van der Waals surface area (Å²) in [7, 11) is 0. The van der Waals surface area contributed by atoms with Gasteiger partial charge in [0, 0.05) is 11.1 Å². The molecule has 1 fully saturated rings. The molecule has 0 aliphatic carbocycles. The standard InChI is InChI=1S/C28H23FN2O4S/c1-4-35-18-11-9-17(10-12-18)25(32)22-24(19-7-5-6-8-20(19)29)31(27(34)26(22)33)28-30-23-16(3)13-15(2)14-21(23)36-28/h5-14,24,32H,4H2,1-3H3. The number of amides is 1. The Morgan fingerprint density at radius 1 is 1.11 bits per heavy atom. The van der Waals surface area contributed by atoms with E-state index >= 15 is 4.39 Å². The van der Waals surface area contributed by atoms with Gasteiger partial charge in [0.05, 0.1) is 22.4 Å². The fourth-order valence-electron chi connectivity index (χ4n) is 4.51. The van der Waals surface area contributed by atoms with Gasteiger partial charge in [0.25, 0.3) is 5.78 Å². The average Bonchev–Trinajstić information content (AvgIpc) is 3.38. The topological polar surface area (TPSA) is 79.7 Å². The Morgan fingerprint density at radius 3 is 2.53 bits per heavy atom. The summed E-state index contributed by atoms with van der Waals surface area (Å²) >= 11 is 1.25. The predicted molar refractivity (Wildman–Crippen MR) is 138 cm³/mol. The molecule has 0 radical (unpaired) electrons. The number of anilines is 1. The second kappa shape index (κ2) is 9.20. The highest BCUT2D eigenvalue weighted by atomic mass is 32.1. The second-order valence-corrected chi connectivity index (χ2v) is 9.58. The Bertz CT molecular complexity index is 1540. The number of thiazole rings is 1. The normalized spacial score (nSPS) is 17.2. The van der Waals surface area contributed by atoms with Crippen molar-refractivity contribution in [1.82, 2.24) is 4.98 Å². The fourth-order valence-corrected chi connectivity index (χ4v) is 5.68. The molecule has 2 heterocycles. The molecular formula is C28H23FN2O4S. The molecule has 1 aliphatic rings. The first-order valence-corrected chi connectivity index (χ1v) is 12.3. The van der Waals surface area contributed by atoms with Gasteiger partial charge in [-0.1, -0.05) is 35.6 Å². The van der Waals surface area contributed by atoms with Crippen molar-refractivity contribution in [2.75, 3.05) is 11.5 Å². The molecule has 0 saturated carbocycles. The Balaban J connectivity index is 1.71. The summed E-state index contributed by atoms with van der Waals surface area (Å²) in [6, 6.07) is 15.2. The van der Waals surface area contributed by atoms with Crippen LogP contribution in [0.3, 0.4) is 0 Å². The van der Waals surface area contributed by atoms with Gasteiger partial charge in [-0.05, 0) is 68.3 Å². The van der Waals surface area contributed by atoms with Gasteiger partial charge in [0.2, 0.25) is 0 Å². The number of aryl methyl sites for hydroxylation is 2. The lowest BCUT2D eigenvalue weighted by Gasteiger charge is -2.23. The highest BCUT2D eigenvalue weighted by Gasteiger charge is 2.49. The molecule has 36 heavy (non-hydrogen) atoms. The summed E-state index contributed by atoms with van der Waals surface area (Å²) in [5, 5.41) is 11.5. The molecule has 0 bridgehead atoms. The van der Waals surface area contributed by atoms with Crippen LogP contribution in [0, 0.1) is 19.7 Å². The zero-order chi connectivity index (χ0) is 25.6. The highest BCUT2D eigenvalue weighted by Crippen LogP contribution is 2.45. The van der Waals surface area contributed by atoms with Crippen molar-refractivity contribution in [2.24, 2.45) is 0 Å². The maximum Gasteiger partial charge on any atom is 0.301 e. The Kier molecular flexibility index (Phi) is 6.05. The number of nitrogens with zero attached hydrogens (tertiary/aromatic N) is 2. The molecule has 1 aliphatic heterocycles. The molecule has 182 valence electrons. The molecule has 5 rings (SSSR count). The van der Waals surface area contributed by atoms with E-state index in [4.69, 9.17) is 4.74 Å². The number of carbonyl (C=O) groups is 2. The van der Waals surface area contributed by atoms with Crippen LogP contribution < -0.4 is 9.64 Å². The van der Waals surface area contributed by atoms with Crippen molar-refractivity contribution < 1.29 is 23.8 Å². The number of ketones is 1. The van der Waals surface area contributed by atoms with Crippen molar-refractivity contribution in [3.63, 3.8) is 0 Å². The van der Waals surface area contributed by atoms with Gasteiger partial charge in [-0.25, -0.2) is 9.37 Å². The van der Waals surface area contributed by atoms with Crippen LogP contribution in [-0.2, 0) is 9.59 Å². The van der Waals surface area contributed by atoms with E-state index in [0.717, 1.165) is 15.8 Å². The molecule has 1 atom stereocenters. The van der Waals surface area contributed by atoms with Gasteiger partial charge >= 0.3 is 5.91 Å². The number of hydrogen-bond donors (Lipinski definition) is 1. The number of aromatic nitrogens is 1. The molecule has 1 unspecified atom stereocenters. The summed E-state index contributed by atoms with van der Waals surface area (Å²) < 4.78 is 21.4. The third-order valence-electron chi connectivity index (χ3n) is 6.11. The van der Waals surface area contributed by atoms with Crippen LogP contribution in [0.2, 0.25) is 0 Å². The van der Waals surface area contributed by atoms with Crippen LogP contribution >= 0.6 is 11.3 Å². The van der Waals surface area contributed by atoms with E-state index in [1.54, 1.807) is 30.3 Å². The van der Waals surface area contributed by atoms with Gasteiger partial charge in [0.1, 0.15) is 23.4 Å². The molecule has 1 saturated heterocycles. The quantitative estimate of drug-likeness (QED) is 0.203. The number of benzene rings is 3. The molecule has 3 aromatic carbocycles. The summed E-state index contributed by atoms with van der Waals surface area (Å²) in [5.41, 5.74) is 2.90. The minimum Gasteiger partial charge on any atom is -0.507 e. The third-order valence-corrected chi connectivity index (χ3v) is 7.11. The number of rotatable bonds is 5. The number of halogens is 1. The van der Waals surface area contributed by atoms with Gasteiger partial charge in [-0.2, -0.15) is 0 Å². The summed E-state index contributed by atoms with van der Waals surface area (Å²) in [5.74, 6) is -2.16. The Morgan fingerprint density at radius 2 is 1.83 bits per heavy atom. The van der Waals surface area contributed by atoms with Gasteiger partial charge in [-0.3, -0.25) is 14.5 Å². The largest absolute Gasteiger partial charge is 0.507 e. The lowest BCUT2D eigenvalue weighted by atomic mass is 9.95. The van der Waals surface area contributed by atoms with Gasteiger partial charge in [-0.15, -0.1) is 0 Å². The van der Waals surface area contributed by atoms with E-state index in [1.807, 2.05) is 32.9 Å². The highest BCUT2D eigenvalue weighted by molar-refractivity contribution is 7.22. The van der Waals surface area contributed by atoms with Crippen molar-refractivity contribution >= 4 is 44.1 Å². The SMILES string of the molecule is CCOc1ccc(C(O)=C2C(=O)C(=O)N(c3nc4c(C)cc(C)cc4s3)C2c2ccccc2F)cc1. The minimum absolute atomic E-state index is 0.0938. The maximum atomic E-state index is 15.1. The van der Waals surface area contributed by atoms with E-state index in [-0.39, 0.29) is 22.0 Å². The molecule has 4 aromatic rings. The molecule has 1 N–H and O–H groups in total. The number of carbonyl (C=O) groups excluding carboxylic acids is 2. The molecule has 8 heteroatoms. The molecule has 1 aromatic heterocycles. The number of fused-ring (bicyclic) bond motifs is 1. The molecule has 1 amide bonds. The smallest absolute Gasteiger partial charge is 0.301 e. The number of ether oxygens (including phenoxy) is 1. The van der Waals surface area contributed by atoms with Crippen LogP contribution in [0.4, 0.5) is 9.52 Å². The number of aliphatic hydroxyl groups excluding tert-OH is 1. The van der Waals surface area contributed by atoms with Crippen LogP contribution in [0.5, 0.6) is 5.75 Å². The van der Waals surface area contributed by atoms with Crippen molar-refractivity contribution in [3.05, 3.63) is 94.3 Å². The second-order valence-electron chi connectivity index (χ2n) is 8.57. The summed E-state index contributed by atoms with van der Waals surface area (Å²) in [4.78, 5) is 32.5.